The van der Waals surface area contributed by atoms with Crippen molar-refractivity contribution in [3.63, 3.8) is 0 Å². The first-order valence-electron chi connectivity index (χ1n) is 18.8. The van der Waals surface area contributed by atoms with Crippen LogP contribution in [-0.4, -0.2) is 36.3 Å². The number of ether oxygens (including phenoxy) is 1. The van der Waals surface area contributed by atoms with Gasteiger partial charge in [0, 0.05) is 24.5 Å². The van der Waals surface area contributed by atoms with Crippen molar-refractivity contribution in [3.8, 4) is 5.75 Å². The Morgan fingerprint density at radius 3 is 1.67 bits per heavy atom. The molecule has 0 radical (unpaired) electrons. The molecule has 1 unspecified atom stereocenters. The van der Waals surface area contributed by atoms with Crippen molar-refractivity contribution in [2.75, 3.05) is 34.3 Å². The number of para-hydroxylation sites is 3. The Balaban J connectivity index is 0.000000206. The normalized spacial score (nSPS) is 16.0. The number of benzene rings is 4. The minimum absolute atomic E-state index is 0.00385. The van der Waals surface area contributed by atoms with E-state index in [1.807, 2.05) is 58.0 Å². The Bertz CT molecular complexity index is 1720. The first kappa shape index (κ1) is 39.7. The van der Waals surface area contributed by atoms with Gasteiger partial charge in [0.15, 0.2) is 0 Å². The molecule has 279 valence electrons. The Kier molecular flexibility index (Phi) is 13.8. The van der Waals surface area contributed by atoms with Crippen LogP contribution in [0.2, 0.25) is 0 Å². The van der Waals surface area contributed by atoms with Crippen LogP contribution < -0.4 is 19.4 Å². The summed E-state index contributed by atoms with van der Waals surface area (Å²) < 4.78 is 8.11. The zero-order chi connectivity index (χ0) is 37.5. The van der Waals surface area contributed by atoms with Crippen LogP contribution in [0.15, 0.2) is 84.9 Å². The monoisotopic (exact) mass is 807 g/mol. The first-order valence-corrected chi connectivity index (χ1v) is 22.1. The number of anilines is 3. The molecule has 1 saturated heterocycles. The van der Waals surface area contributed by atoms with Crippen molar-refractivity contribution in [1.29, 1.82) is 0 Å². The van der Waals surface area contributed by atoms with Crippen LogP contribution in [-0.2, 0) is 15.7 Å². The molecule has 2 aliphatic heterocycles. The molecule has 52 heavy (non-hydrogen) atoms. The maximum absolute atomic E-state index is 12.9. The molecule has 2 heterocycles. The van der Waals surface area contributed by atoms with Crippen LogP contribution >= 0.6 is 9.69 Å². The van der Waals surface area contributed by atoms with Crippen LogP contribution in [0, 0.1) is 6.67 Å². The van der Waals surface area contributed by atoms with E-state index in [1.54, 1.807) is 0 Å². The van der Waals surface area contributed by atoms with Gasteiger partial charge in [0.1, 0.15) is 0 Å². The van der Waals surface area contributed by atoms with E-state index in [4.69, 9.17) is 14.4 Å². The number of carbonyl (C=O) groups is 1. The summed E-state index contributed by atoms with van der Waals surface area (Å²) in [5.74, 6) is 2.83. The predicted molar refractivity (Wildman–Crippen MR) is 219 cm³/mol. The molecule has 1 fully saturated rings. The van der Waals surface area contributed by atoms with Gasteiger partial charge in [-0.05, 0) is 45.9 Å². The molecule has 5 nitrogen and oxygen atoms in total. The number of hydrogen-bond acceptors (Lipinski definition) is 4. The SMILES string of the molecule is CC(C)c1cccc(C(C)C)c1N1[CH-]N(c2c(C(C)C)cccc2C(C)C)CC1.CCC1CN(C(=O)c2ccccc2)c2cccc([CH]=[Ru][Cl])c2O1. The molecule has 0 spiro atoms. The second kappa shape index (κ2) is 18.0. The molecule has 7 heteroatoms. The zero-order valence-electron chi connectivity index (χ0n) is 32.3. The quantitative estimate of drug-likeness (QED) is 0.125. The van der Waals surface area contributed by atoms with Crippen LogP contribution in [0.4, 0.5) is 17.1 Å². The second-order valence-corrected chi connectivity index (χ2v) is 16.8. The molecule has 1 amide bonds. The zero-order valence-corrected chi connectivity index (χ0v) is 34.8. The van der Waals surface area contributed by atoms with Gasteiger partial charge in [-0.15, -0.1) is 0 Å². The van der Waals surface area contributed by atoms with E-state index in [1.165, 1.54) is 33.6 Å². The topological polar surface area (TPSA) is 36.0 Å². The van der Waals surface area contributed by atoms with Gasteiger partial charge in [-0.3, -0.25) is 0 Å². The van der Waals surface area contributed by atoms with E-state index in [2.05, 4.69) is 115 Å². The van der Waals surface area contributed by atoms with E-state index in [9.17, 15) is 4.79 Å². The summed E-state index contributed by atoms with van der Waals surface area (Å²) in [5, 5.41) is 0. The van der Waals surface area contributed by atoms with E-state index in [-0.39, 0.29) is 27.7 Å². The molecule has 2 aliphatic rings. The summed E-state index contributed by atoms with van der Waals surface area (Å²) in [5.41, 5.74) is 11.1. The number of carbonyl (C=O) groups excluding carboxylic acids is 1. The molecule has 0 aliphatic carbocycles. The number of fused-ring (bicyclic) bond motifs is 1. The molecule has 0 saturated carbocycles. The van der Waals surface area contributed by atoms with Crippen LogP contribution in [0.5, 0.6) is 5.75 Å². The molecule has 0 N–H and O–H groups in total. The number of hydrogen-bond donors (Lipinski definition) is 0. The second-order valence-electron chi connectivity index (χ2n) is 15.0. The predicted octanol–water partition coefficient (Wildman–Crippen LogP) is 11.5. The van der Waals surface area contributed by atoms with E-state index in [0.29, 0.717) is 35.8 Å². The van der Waals surface area contributed by atoms with Gasteiger partial charge < -0.3 is 9.80 Å². The van der Waals surface area contributed by atoms with Crippen LogP contribution in [0.25, 0.3) is 0 Å². The van der Waals surface area contributed by atoms with Crippen molar-refractivity contribution in [2.45, 2.75) is 98.5 Å². The Morgan fingerprint density at radius 1 is 0.750 bits per heavy atom. The van der Waals surface area contributed by atoms with Gasteiger partial charge in [-0.2, -0.15) is 6.67 Å². The summed E-state index contributed by atoms with van der Waals surface area (Å²) in [6.07, 6.45) is 0.844. The molecular formula is C45H56ClN3O2Ru-. The molecule has 1 atom stereocenters. The van der Waals surface area contributed by atoms with Gasteiger partial charge in [-0.25, -0.2) is 0 Å². The van der Waals surface area contributed by atoms with E-state index < -0.39 is 0 Å². The third-order valence-electron chi connectivity index (χ3n) is 9.98. The summed E-state index contributed by atoms with van der Waals surface area (Å²) in [6.45, 7) is 25.5. The molecule has 4 aromatic rings. The average molecular weight is 807 g/mol. The van der Waals surface area contributed by atoms with E-state index in [0.717, 1.165) is 36.5 Å². The number of amides is 1. The molecular weight excluding hydrogens is 751 g/mol. The summed E-state index contributed by atoms with van der Waals surface area (Å²) >= 11 is -0.350. The molecule has 4 aromatic carbocycles. The number of rotatable bonds is 9. The summed E-state index contributed by atoms with van der Waals surface area (Å²) in [7, 11) is 5.94. The van der Waals surface area contributed by atoms with Gasteiger partial charge in [0.2, 0.25) is 0 Å². The van der Waals surface area contributed by atoms with Crippen molar-refractivity contribution in [3.05, 3.63) is 125 Å². The number of halogens is 1. The van der Waals surface area contributed by atoms with Gasteiger partial charge in [0.25, 0.3) is 0 Å². The fraction of sp³-hybridized carbons (Fsp3) is 0.400. The van der Waals surface area contributed by atoms with Gasteiger partial charge in [-0.1, -0.05) is 91.8 Å². The number of nitrogens with zero attached hydrogens (tertiary/aromatic N) is 3. The van der Waals surface area contributed by atoms with Crippen LogP contribution in [0.1, 0.15) is 131 Å². The average Bonchev–Trinajstić information content (AvgIpc) is 3.64. The Morgan fingerprint density at radius 2 is 1.23 bits per heavy atom. The molecule has 0 aromatic heterocycles. The third-order valence-corrected chi connectivity index (χ3v) is 11.2. The van der Waals surface area contributed by atoms with Crippen molar-refractivity contribution in [2.24, 2.45) is 0 Å². The Labute approximate surface area is 324 Å². The summed E-state index contributed by atoms with van der Waals surface area (Å²) in [4.78, 5) is 19.8. The third kappa shape index (κ3) is 8.83. The molecule has 0 bridgehead atoms. The fourth-order valence-corrected chi connectivity index (χ4v) is 8.27. The van der Waals surface area contributed by atoms with Gasteiger partial charge >= 0.3 is 147 Å². The van der Waals surface area contributed by atoms with Crippen LogP contribution in [0.3, 0.4) is 0 Å². The van der Waals surface area contributed by atoms with Gasteiger partial charge in [0.05, 0.1) is 0 Å². The fourth-order valence-electron chi connectivity index (χ4n) is 7.18. The standard InChI is InChI=1S/C27H39N2.C18H17NO2.ClH.Ru/c1-18(2)22-11-9-12-23(19(3)4)26(22)28-15-16-29(17-28)27-24(20(5)6)13-10-14-25(27)21(7)8;1-3-15-12-19(18(20)14-9-5-4-6-10-14)16-11-7-8-13(2)17(16)21-15;;/h9-14,17-21H,15-16H2,1-8H3;2,4-11,15H,3,12H2,1H3;1H;/q-1;;;+1/p-1. The van der Waals surface area contributed by atoms with Crippen molar-refractivity contribution in [1.82, 2.24) is 0 Å². The maximum atomic E-state index is 12.9. The van der Waals surface area contributed by atoms with Crippen molar-refractivity contribution < 1.29 is 25.2 Å². The summed E-state index contributed by atoms with van der Waals surface area (Å²) in [6, 6.07) is 28.9. The van der Waals surface area contributed by atoms with E-state index >= 15 is 0 Å². The minimum atomic E-state index is -0.350. The first-order chi connectivity index (χ1) is 25.0. The Hall–Kier alpha value is -3.47. The van der Waals surface area contributed by atoms with Crippen molar-refractivity contribution >= 4 is 37.3 Å². The molecule has 6 rings (SSSR count).